The van der Waals surface area contributed by atoms with E-state index in [1.165, 1.54) is 12.8 Å². The Balaban J connectivity index is 1.69. The van der Waals surface area contributed by atoms with Crippen molar-refractivity contribution in [1.29, 1.82) is 0 Å². The van der Waals surface area contributed by atoms with Crippen molar-refractivity contribution in [2.45, 2.75) is 18.9 Å². The molecule has 0 radical (unpaired) electrons. The number of hydrogen-bond donors (Lipinski definition) is 2. The van der Waals surface area contributed by atoms with E-state index in [2.05, 4.69) is 15.2 Å². The number of para-hydroxylation sites is 2. The second-order valence-corrected chi connectivity index (χ2v) is 5.83. The van der Waals surface area contributed by atoms with E-state index in [1.54, 1.807) is 13.4 Å². The highest BCUT2D eigenvalue weighted by Crippen LogP contribution is 2.26. The van der Waals surface area contributed by atoms with Crippen LogP contribution in [-0.2, 0) is 0 Å². The number of aliphatic imine (C=N–C) groups is 1. The van der Waals surface area contributed by atoms with E-state index in [9.17, 15) is 0 Å². The molecule has 1 aromatic heterocycles. The highest BCUT2D eigenvalue weighted by Gasteiger charge is 2.25. The summed E-state index contributed by atoms with van der Waals surface area (Å²) in [6.45, 7) is 2.70. The molecule has 2 heterocycles. The molecule has 128 valence electrons. The maximum Gasteiger partial charge on any atom is 0.193 e. The Morgan fingerprint density at radius 1 is 1.29 bits per heavy atom. The summed E-state index contributed by atoms with van der Waals surface area (Å²) in [5, 5.41) is 3.11. The van der Waals surface area contributed by atoms with Gasteiger partial charge in [0.05, 0.1) is 31.6 Å². The van der Waals surface area contributed by atoms with Crippen LogP contribution in [0.2, 0.25) is 0 Å². The molecular formula is C18H24N4O2. The standard InChI is InChI=1S/C18H24N4O2/c1-23-16-8-3-2-7-14(16)21-18(19)20-13-15(17-9-6-12-24-17)22-10-4-5-11-22/h2-3,6-9,12,15H,4-5,10-11,13H2,1H3,(H3,19,20,21). The number of furan rings is 1. The first-order valence-electron chi connectivity index (χ1n) is 8.25. The summed E-state index contributed by atoms with van der Waals surface area (Å²) >= 11 is 0. The first kappa shape index (κ1) is 16.4. The van der Waals surface area contributed by atoms with Crippen LogP contribution >= 0.6 is 0 Å². The SMILES string of the molecule is COc1ccccc1NC(N)=NCC(c1ccco1)N1CCCC1. The predicted octanol–water partition coefficient (Wildman–Crippen LogP) is 2.85. The third-order valence-corrected chi connectivity index (χ3v) is 4.26. The molecule has 1 atom stereocenters. The highest BCUT2D eigenvalue weighted by atomic mass is 16.5. The van der Waals surface area contributed by atoms with Crippen molar-refractivity contribution < 1.29 is 9.15 Å². The topological polar surface area (TPSA) is 76.0 Å². The van der Waals surface area contributed by atoms with Crippen LogP contribution in [0.25, 0.3) is 0 Å². The Kier molecular flexibility index (Phi) is 5.38. The number of anilines is 1. The number of methoxy groups -OCH3 is 1. The molecule has 6 nitrogen and oxygen atoms in total. The summed E-state index contributed by atoms with van der Waals surface area (Å²) in [5.74, 6) is 2.04. The van der Waals surface area contributed by atoms with Gasteiger partial charge in [0.1, 0.15) is 11.5 Å². The number of likely N-dealkylation sites (tertiary alicyclic amines) is 1. The molecule has 6 heteroatoms. The summed E-state index contributed by atoms with van der Waals surface area (Å²) in [4.78, 5) is 6.92. The number of benzene rings is 1. The maximum absolute atomic E-state index is 6.06. The summed E-state index contributed by atoms with van der Waals surface area (Å²) in [5.41, 5.74) is 6.87. The molecule has 1 saturated heterocycles. The van der Waals surface area contributed by atoms with Crippen molar-refractivity contribution in [3.63, 3.8) is 0 Å². The smallest absolute Gasteiger partial charge is 0.193 e. The highest BCUT2D eigenvalue weighted by molar-refractivity contribution is 5.93. The summed E-state index contributed by atoms with van der Waals surface area (Å²) in [7, 11) is 1.63. The molecule has 3 rings (SSSR count). The van der Waals surface area contributed by atoms with Crippen molar-refractivity contribution >= 4 is 11.6 Å². The fourth-order valence-corrected chi connectivity index (χ4v) is 3.03. The minimum absolute atomic E-state index is 0.125. The molecule has 1 fully saturated rings. The zero-order chi connectivity index (χ0) is 16.8. The van der Waals surface area contributed by atoms with Crippen LogP contribution in [0.4, 0.5) is 5.69 Å². The van der Waals surface area contributed by atoms with Gasteiger partial charge >= 0.3 is 0 Å². The van der Waals surface area contributed by atoms with Gasteiger partial charge in [0.2, 0.25) is 0 Å². The van der Waals surface area contributed by atoms with Crippen molar-refractivity contribution in [3.05, 3.63) is 48.4 Å². The lowest BCUT2D eigenvalue weighted by molar-refractivity contribution is 0.221. The van der Waals surface area contributed by atoms with Gasteiger partial charge in [-0.15, -0.1) is 0 Å². The zero-order valence-corrected chi connectivity index (χ0v) is 13.9. The third kappa shape index (κ3) is 3.89. The quantitative estimate of drug-likeness (QED) is 0.630. The van der Waals surface area contributed by atoms with Crippen LogP contribution in [0.5, 0.6) is 5.75 Å². The largest absolute Gasteiger partial charge is 0.495 e. The molecule has 2 aromatic rings. The molecule has 1 aromatic carbocycles. The second kappa shape index (κ2) is 7.88. The van der Waals surface area contributed by atoms with E-state index >= 15 is 0 Å². The van der Waals surface area contributed by atoms with E-state index in [1.807, 2.05) is 36.4 Å². The van der Waals surface area contributed by atoms with E-state index in [-0.39, 0.29) is 6.04 Å². The van der Waals surface area contributed by atoms with Gasteiger partial charge in [0, 0.05) is 0 Å². The van der Waals surface area contributed by atoms with Crippen LogP contribution in [0.3, 0.4) is 0 Å². The third-order valence-electron chi connectivity index (χ3n) is 4.26. The van der Waals surface area contributed by atoms with Gasteiger partial charge < -0.3 is 20.2 Å². The Hall–Kier alpha value is -2.47. The number of nitrogens with zero attached hydrogens (tertiary/aromatic N) is 2. The molecule has 1 unspecified atom stereocenters. The maximum atomic E-state index is 6.06. The van der Waals surface area contributed by atoms with Crippen LogP contribution in [0.15, 0.2) is 52.1 Å². The summed E-state index contributed by atoms with van der Waals surface area (Å²) in [6, 6.07) is 11.7. The monoisotopic (exact) mass is 328 g/mol. The lowest BCUT2D eigenvalue weighted by Gasteiger charge is -2.24. The number of rotatable bonds is 6. The van der Waals surface area contributed by atoms with E-state index in [0.29, 0.717) is 12.5 Å². The minimum Gasteiger partial charge on any atom is -0.495 e. The van der Waals surface area contributed by atoms with E-state index in [4.69, 9.17) is 14.9 Å². The molecule has 24 heavy (non-hydrogen) atoms. The van der Waals surface area contributed by atoms with E-state index in [0.717, 1.165) is 30.3 Å². The van der Waals surface area contributed by atoms with Crippen LogP contribution in [-0.4, -0.2) is 37.6 Å². The molecule has 1 aliphatic heterocycles. The van der Waals surface area contributed by atoms with Crippen molar-refractivity contribution in [1.82, 2.24) is 4.90 Å². The first-order chi connectivity index (χ1) is 11.8. The van der Waals surface area contributed by atoms with Crippen molar-refractivity contribution in [2.75, 3.05) is 32.1 Å². The van der Waals surface area contributed by atoms with Gasteiger partial charge in [-0.1, -0.05) is 12.1 Å². The molecule has 1 aliphatic rings. The molecule has 0 saturated carbocycles. The number of hydrogen-bond acceptors (Lipinski definition) is 4. The minimum atomic E-state index is 0.125. The molecule has 3 N–H and O–H groups in total. The molecule has 0 spiro atoms. The van der Waals surface area contributed by atoms with Gasteiger partial charge in [-0.2, -0.15) is 0 Å². The van der Waals surface area contributed by atoms with Gasteiger partial charge in [-0.3, -0.25) is 9.89 Å². The van der Waals surface area contributed by atoms with Gasteiger partial charge in [0.25, 0.3) is 0 Å². The second-order valence-electron chi connectivity index (χ2n) is 5.83. The number of guanidine groups is 1. The molecule has 0 aliphatic carbocycles. The zero-order valence-electron chi connectivity index (χ0n) is 13.9. The Morgan fingerprint density at radius 2 is 2.08 bits per heavy atom. The van der Waals surface area contributed by atoms with Gasteiger partial charge in [0.15, 0.2) is 5.96 Å². The summed E-state index contributed by atoms with van der Waals surface area (Å²) < 4.78 is 10.9. The first-order valence-corrected chi connectivity index (χ1v) is 8.25. The Bertz CT molecular complexity index is 663. The lowest BCUT2D eigenvalue weighted by atomic mass is 10.2. The van der Waals surface area contributed by atoms with E-state index < -0.39 is 0 Å². The average molecular weight is 328 g/mol. The van der Waals surface area contributed by atoms with Crippen LogP contribution in [0, 0.1) is 0 Å². The molecule has 0 amide bonds. The Labute approximate surface area is 142 Å². The number of ether oxygens (including phenoxy) is 1. The molecular weight excluding hydrogens is 304 g/mol. The fourth-order valence-electron chi connectivity index (χ4n) is 3.03. The fraction of sp³-hybridized carbons (Fsp3) is 0.389. The molecule has 0 bridgehead atoms. The van der Waals surface area contributed by atoms with Crippen LogP contribution < -0.4 is 15.8 Å². The van der Waals surface area contributed by atoms with Crippen molar-refractivity contribution in [2.24, 2.45) is 10.7 Å². The Morgan fingerprint density at radius 3 is 2.79 bits per heavy atom. The van der Waals surface area contributed by atoms with Gasteiger partial charge in [-0.25, -0.2) is 0 Å². The van der Waals surface area contributed by atoms with Crippen molar-refractivity contribution in [3.8, 4) is 5.75 Å². The van der Waals surface area contributed by atoms with Crippen LogP contribution in [0.1, 0.15) is 24.6 Å². The van der Waals surface area contributed by atoms with Gasteiger partial charge in [-0.05, 0) is 50.2 Å². The predicted molar refractivity (Wildman–Crippen MR) is 95.4 cm³/mol. The number of nitrogens with one attached hydrogen (secondary N) is 1. The average Bonchev–Trinajstić information content (AvgIpc) is 3.30. The lowest BCUT2D eigenvalue weighted by Crippen LogP contribution is -2.30. The summed E-state index contributed by atoms with van der Waals surface area (Å²) in [6.07, 6.45) is 4.14. The normalized spacial score (nSPS) is 17.0. The number of nitrogens with two attached hydrogens (primary N) is 1.